The Morgan fingerprint density at radius 2 is 0.596 bits per heavy atom. The summed E-state index contributed by atoms with van der Waals surface area (Å²) in [6.45, 7) is 0.630. The molecule has 0 saturated carbocycles. The zero-order valence-corrected chi connectivity index (χ0v) is 61.8. The number of methoxy groups -OCH3 is 1. The van der Waals surface area contributed by atoms with Gasteiger partial charge in [-0.05, 0) is 57.3 Å². The van der Waals surface area contributed by atoms with Gasteiger partial charge in [-0.25, -0.2) is 0 Å². The SMILES string of the molecule is COC(=O)CCCCCCCCO[C@H]1O[C@H](CO)[C@@H](OCc2ccccc2)[C@@H]1O[C@@H]1O[C@H](CO[C@@H]2O[C@H](COCc3ccccc3)[C@@H](OCc3ccccc3)[C@H](OCc3ccccc3)[C@@H]2O[C@H]2O[C@H](COCc3ccccc3)[C@@H](OCc3ccccc3)[C@H](OCc3ccccc3)[C@@H]2O)[C@@H](OCc2ccccc2)[C@@H]1O. The van der Waals surface area contributed by atoms with Gasteiger partial charge in [0.2, 0.25) is 0 Å². The molecule has 4 saturated heterocycles. The van der Waals surface area contributed by atoms with E-state index in [0.29, 0.717) is 12.8 Å². The van der Waals surface area contributed by atoms with Crippen LogP contribution < -0.4 is 0 Å². The largest absolute Gasteiger partial charge is 0.469 e. The van der Waals surface area contributed by atoms with Crippen molar-refractivity contribution in [2.24, 2.45) is 0 Å². The molecule has 3 N–H and O–H groups in total. The fourth-order valence-corrected chi connectivity index (χ4v) is 13.9. The van der Waals surface area contributed by atoms with Crippen LogP contribution in [0.2, 0.25) is 0 Å². The highest BCUT2D eigenvalue weighted by atomic mass is 16.8. The number of ether oxygens (including phenoxy) is 17. The molecule has 0 aromatic heterocycles. The highest BCUT2D eigenvalue weighted by Crippen LogP contribution is 2.39. The lowest BCUT2D eigenvalue weighted by Crippen LogP contribution is -2.66. The maximum absolute atomic E-state index is 13.3. The number of aliphatic hydroxyl groups is 3. The van der Waals surface area contributed by atoms with Crippen LogP contribution in [0.15, 0.2) is 243 Å². The topological polar surface area (TPSA) is 235 Å². The third-order valence-corrected chi connectivity index (χ3v) is 19.7. The van der Waals surface area contributed by atoms with Crippen LogP contribution in [0.25, 0.3) is 0 Å². The van der Waals surface area contributed by atoms with Gasteiger partial charge in [0.25, 0.3) is 0 Å². The van der Waals surface area contributed by atoms with Gasteiger partial charge in [0.15, 0.2) is 25.2 Å². The van der Waals surface area contributed by atoms with Gasteiger partial charge in [-0.1, -0.05) is 268 Å². The van der Waals surface area contributed by atoms with E-state index in [1.807, 2.05) is 243 Å². The minimum absolute atomic E-state index is 0.0119. The van der Waals surface area contributed by atoms with Crippen LogP contribution in [0, 0.1) is 0 Å². The zero-order valence-electron chi connectivity index (χ0n) is 61.8. The molecule has 0 aliphatic carbocycles. The fraction of sp³-hybridized carbons (Fsp3) is 0.443. The Kier molecular flexibility index (Phi) is 32.6. The lowest BCUT2D eigenvalue weighted by atomic mass is 9.96. The highest BCUT2D eigenvalue weighted by Gasteiger charge is 2.57. The van der Waals surface area contributed by atoms with E-state index in [-0.39, 0.29) is 85.3 Å². The summed E-state index contributed by atoms with van der Waals surface area (Å²) in [4.78, 5) is 11.7. The summed E-state index contributed by atoms with van der Waals surface area (Å²) in [6.07, 6.45) is -15.2. The van der Waals surface area contributed by atoms with Gasteiger partial charge in [-0.2, -0.15) is 0 Å². The Bertz CT molecular complexity index is 3770. The van der Waals surface area contributed by atoms with Gasteiger partial charge in [0.1, 0.15) is 85.5 Å². The smallest absolute Gasteiger partial charge is 0.305 e. The molecule has 0 amide bonds. The third-order valence-electron chi connectivity index (χ3n) is 19.7. The third kappa shape index (κ3) is 24.5. The van der Waals surface area contributed by atoms with Crippen molar-refractivity contribution in [2.75, 3.05) is 40.1 Å². The van der Waals surface area contributed by atoms with Crippen molar-refractivity contribution in [1.82, 2.24) is 0 Å². The molecule has 8 aromatic rings. The Labute approximate surface area is 639 Å². The van der Waals surface area contributed by atoms with Crippen molar-refractivity contribution in [2.45, 2.75) is 208 Å². The summed E-state index contributed by atoms with van der Waals surface area (Å²) in [6, 6.07) is 77.8. The molecular weight excluding hydrogens is 1390 g/mol. The minimum atomic E-state index is -1.54. The normalized spacial score (nSPS) is 26.9. The van der Waals surface area contributed by atoms with Crippen molar-refractivity contribution in [1.29, 1.82) is 0 Å². The van der Waals surface area contributed by atoms with Crippen LogP contribution in [0.1, 0.15) is 89.5 Å². The zero-order chi connectivity index (χ0) is 75.0. The molecule has 0 bridgehead atoms. The number of hydrogen-bond acceptors (Lipinski definition) is 21. The molecule has 0 spiro atoms. The van der Waals surface area contributed by atoms with Crippen LogP contribution >= 0.6 is 0 Å². The summed E-state index contributed by atoms with van der Waals surface area (Å²) in [5, 5.41) is 37.0. The molecule has 21 heteroatoms. The first-order valence-corrected chi connectivity index (χ1v) is 38.1. The highest BCUT2D eigenvalue weighted by molar-refractivity contribution is 5.69. The standard InChI is InChI=1S/C88H104O21/c1-93-74(90)48-30-4-2-3-5-31-49-96-87-83(78(70(50-89)104-87)98-54-65-38-20-9-21-39-65)108-85-75(91)77(97-53-64-36-18-8-19-37-64)73(106-85)61-103-88-84(82(102-58-69-46-28-13-29-47-69)80(100-56-67-42-24-11-25-43-67)72(107-88)60-95-52-63-34-16-7-17-35-63)109-86-76(92)81(101-57-68-44-26-12-27-45-68)79(99-55-66-40-22-10-23-41-66)71(105-86)59-94-51-62-32-14-6-15-33-62/h6-29,32-47,70-73,75-89,91-92H,2-5,30-31,48-61H2,1H3/t70-,71-,72-,73-,75+,76+,77-,78-,79-,80-,81-,82+,83+,84+,85+,86-,87+,88-/m1/s1. The second-order valence-corrected chi connectivity index (χ2v) is 27.8. The maximum atomic E-state index is 13.3. The maximum Gasteiger partial charge on any atom is 0.305 e. The number of hydrogen-bond donors (Lipinski definition) is 3. The summed E-state index contributed by atoms with van der Waals surface area (Å²) < 4.78 is 115. The van der Waals surface area contributed by atoms with Crippen molar-refractivity contribution in [3.05, 3.63) is 287 Å². The first-order chi connectivity index (χ1) is 53.7. The quantitative estimate of drug-likeness (QED) is 0.0238. The molecule has 12 rings (SSSR count). The molecule has 0 radical (unpaired) electrons. The second kappa shape index (κ2) is 43.9. The van der Waals surface area contributed by atoms with E-state index in [1.165, 1.54) is 7.11 Å². The van der Waals surface area contributed by atoms with E-state index in [2.05, 4.69) is 0 Å². The van der Waals surface area contributed by atoms with Crippen LogP contribution in [0.3, 0.4) is 0 Å². The Balaban J connectivity index is 0.882. The molecule has 109 heavy (non-hydrogen) atoms. The van der Waals surface area contributed by atoms with Gasteiger partial charge in [0, 0.05) is 13.0 Å². The van der Waals surface area contributed by atoms with Crippen molar-refractivity contribution < 1.29 is 101 Å². The van der Waals surface area contributed by atoms with E-state index >= 15 is 0 Å². The Hall–Kier alpha value is -7.53. The van der Waals surface area contributed by atoms with Crippen LogP contribution in [0.5, 0.6) is 0 Å². The lowest BCUT2D eigenvalue weighted by Gasteiger charge is -2.49. The molecule has 0 unspecified atom stereocenters. The molecule has 582 valence electrons. The number of rotatable bonds is 44. The Morgan fingerprint density at radius 3 is 1.00 bits per heavy atom. The number of benzene rings is 8. The van der Waals surface area contributed by atoms with Crippen LogP contribution in [-0.2, 0) is 138 Å². The second-order valence-electron chi connectivity index (χ2n) is 27.8. The molecule has 4 aliphatic rings. The number of aliphatic hydroxyl groups excluding tert-OH is 3. The van der Waals surface area contributed by atoms with Gasteiger partial charge < -0.3 is 95.8 Å². The number of unbranched alkanes of at least 4 members (excludes halogenated alkanes) is 5. The van der Waals surface area contributed by atoms with Gasteiger partial charge in [-0.3, -0.25) is 4.79 Å². The van der Waals surface area contributed by atoms with Crippen molar-refractivity contribution in [3.8, 4) is 0 Å². The van der Waals surface area contributed by atoms with Crippen molar-refractivity contribution in [3.63, 3.8) is 0 Å². The van der Waals surface area contributed by atoms with Crippen molar-refractivity contribution >= 4 is 5.97 Å². The first kappa shape index (κ1) is 81.0. The molecular formula is C88H104O21. The number of carbonyl (C=O) groups excluding carboxylic acids is 1. The van der Waals surface area contributed by atoms with Gasteiger partial charge >= 0.3 is 5.97 Å². The Morgan fingerprint density at radius 1 is 0.303 bits per heavy atom. The van der Waals surface area contributed by atoms with E-state index in [9.17, 15) is 20.1 Å². The molecule has 4 heterocycles. The number of esters is 1. The molecule has 18 atom stereocenters. The molecule has 4 fully saturated rings. The average Bonchev–Trinajstić information content (AvgIpc) is 1.77. The average molecular weight is 1500 g/mol. The predicted octanol–water partition coefficient (Wildman–Crippen LogP) is 12.3. The van der Waals surface area contributed by atoms with E-state index in [4.69, 9.17) is 80.5 Å². The van der Waals surface area contributed by atoms with E-state index in [0.717, 1.165) is 76.6 Å². The monoisotopic (exact) mass is 1500 g/mol. The minimum Gasteiger partial charge on any atom is -0.469 e. The molecule has 4 aliphatic heterocycles. The van der Waals surface area contributed by atoms with E-state index < -0.39 is 117 Å². The summed E-state index contributed by atoms with van der Waals surface area (Å²) in [7, 11) is 1.40. The van der Waals surface area contributed by atoms with E-state index in [1.54, 1.807) is 0 Å². The molecule has 21 nitrogen and oxygen atoms in total. The van der Waals surface area contributed by atoms with Crippen LogP contribution in [-0.4, -0.2) is 172 Å². The number of carbonyl (C=O) groups is 1. The predicted molar refractivity (Wildman–Crippen MR) is 402 cm³/mol. The van der Waals surface area contributed by atoms with Gasteiger partial charge in [0.05, 0.1) is 86.4 Å². The summed E-state index contributed by atoms with van der Waals surface area (Å²) >= 11 is 0. The van der Waals surface area contributed by atoms with Gasteiger partial charge in [-0.15, -0.1) is 0 Å². The first-order valence-electron chi connectivity index (χ1n) is 38.1. The fourth-order valence-electron chi connectivity index (χ4n) is 13.9. The summed E-state index contributed by atoms with van der Waals surface area (Å²) in [5.41, 5.74) is 7.05. The molecule has 8 aromatic carbocycles. The summed E-state index contributed by atoms with van der Waals surface area (Å²) in [5.74, 6) is -0.214. The van der Waals surface area contributed by atoms with Crippen LogP contribution in [0.4, 0.5) is 0 Å². The lowest BCUT2D eigenvalue weighted by molar-refractivity contribution is -0.381.